The van der Waals surface area contributed by atoms with E-state index in [2.05, 4.69) is 15.3 Å². The molecule has 8 heteroatoms. The highest BCUT2D eigenvalue weighted by atomic mass is 32.2. The molecule has 0 bridgehead atoms. The highest BCUT2D eigenvalue weighted by molar-refractivity contribution is 8.00. The van der Waals surface area contributed by atoms with E-state index < -0.39 is 11.6 Å². The van der Waals surface area contributed by atoms with E-state index in [4.69, 9.17) is 0 Å². The van der Waals surface area contributed by atoms with E-state index >= 15 is 0 Å². The number of nitrogens with zero attached hydrogens (tertiary/aromatic N) is 2. The summed E-state index contributed by atoms with van der Waals surface area (Å²) in [6.45, 7) is 2.03. The predicted molar refractivity (Wildman–Crippen MR) is 113 cm³/mol. The third kappa shape index (κ3) is 4.28. The molecule has 0 saturated carbocycles. The smallest absolute Gasteiger partial charge is 0.234 e. The van der Waals surface area contributed by atoms with E-state index in [1.807, 2.05) is 36.6 Å². The van der Waals surface area contributed by atoms with Crippen molar-refractivity contribution in [2.24, 2.45) is 0 Å². The lowest BCUT2D eigenvalue weighted by molar-refractivity contribution is -0.113. The molecule has 0 aliphatic rings. The molecule has 2 aromatic carbocycles. The SMILES string of the molecule is Cc1ccc(-c2csc3ncnc(SCC(=O)Nc4ccc(F)c(F)c4)c23)cc1. The molecule has 0 saturated heterocycles. The molecule has 4 nitrogen and oxygen atoms in total. The number of aromatic nitrogens is 2. The molecule has 0 aliphatic carbocycles. The van der Waals surface area contributed by atoms with Crippen LogP contribution >= 0.6 is 23.1 Å². The topological polar surface area (TPSA) is 54.9 Å². The summed E-state index contributed by atoms with van der Waals surface area (Å²) in [7, 11) is 0. The van der Waals surface area contributed by atoms with Crippen LogP contribution in [-0.4, -0.2) is 21.6 Å². The van der Waals surface area contributed by atoms with Gasteiger partial charge in [0, 0.05) is 22.7 Å². The first-order chi connectivity index (χ1) is 14.0. The van der Waals surface area contributed by atoms with E-state index in [0.29, 0.717) is 5.03 Å². The number of thioether (sulfide) groups is 1. The summed E-state index contributed by atoms with van der Waals surface area (Å²) < 4.78 is 26.3. The van der Waals surface area contributed by atoms with Crippen LogP contribution in [0.3, 0.4) is 0 Å². The second kappa shape index (κ2) is 8.26. The molecule has 0 spiro atoms. The Morgan fingerprint density at radius 2 is 1.90 bits per heavy atom. The minimum Gasteiger partial charge on any atom is -0.325 e. The minimum atomic E-state index is -1.01. The zero-order chi connectivity index (χ0) is 20.4. The van der Waals surface area contributed by atoms with Crippen LogP contribution in [0.15, 0.2) is 59.2 Å². The molecule has 29 heavy (non-hydrogen) atoms. The van der Waals surface area contributed by atoms with Gasteiger partial charge in [-0.25, -0.2) is 18.7 Å². The van der Waals surface area contributed by atoms with Gasteiger partial charge < -0.3 is 5.32 Å². The Morgan fingerprint density at radius 3 is 2.66 bits per heavy atom. The van der Waals surface area contributed by atoms with Crippen LogP contribution in [0.2, 0.25) is 0 Å². The van der Waals surface area contributed by atoms with Gasteiger partial charge in [-0.05, 0) is 24.6 Å². The van der Waals surface area contributed by atoms with E-state index in [1.54, 1.807) is 0 Å². The average molecular weight is 428 g/mol. The fourth-order valence-corrected chi connectivity index (χ4v) is 4.60. The van der Waals surface area contributed by atoms with Crippen LogP contribution in [0.4, 0.5) is 14.5 Å². The monoisotopic (exact) mass is 427 g/mol. The summed E-state index contributed by atoms with van der Waals surface area (Å²) in [6.07, 6.45) is 1.48. The number of rotatable bonds is 5. The van der Waals surface area contributed by atoms with Gasteiger partial charge in [0.1, 0.15) is 16.2 Å². The predicted octanol–water partition coefficient (Wildman–Crippen LogP) is 5.68. The second-order valence-corrected chi connectivity index (χ2v) is 8.16. The fraction of sp³-hybridized carbons (Fsp3) is 0.0952. The number of fused-ring (bicyclic) bond motifs is 1. The van der Waals surface area contributed by atoms with Gasteiger partial charge in [-0.15, -0.1) is 11.3 Å². The quantitative estimate of drug-likeness (QED) is 0.329. The number of thiophene rings is 1. The Labute approximate surface area is 174 Å². The number of aryl methyl sites for hydroxylation is 1. The lowest BCUT2D eigenvalue weighted by Gasteiger charge is -2.07. The van der Waals surface area contributed by atoms with Gasteiger partial charge in [-0.2, -0.15) is 0 Å². The van der Waals surface area contributed by atoms with Gasteiger partial charge in [0.15, 0.2) is 11.6 Å². The maximum absolute atomic E-state index is 13.3. The van der Waals surface area contributed by atoms with E-state index in [0.717, 1.165) is 33.5 Å². The summed E-state index contributed by atoms with van der Waals surface area (Å²) in [6, 6.07) is 11.4. The Hall–Kier alpha value is -2.84. The van der Waals surface area contributed by atoms with Crippen molar-refractivity contribution in [1.82, 2.24) is 9.97 Å². The first kappa shape index (κ1) is 19.5. The third-order valence-corrected chi connectivity index (χ3v) is 6.12. The van der Waals surface area contributed by atoms with E-state index in [1.165, 1.54) is 41.1 Å². The number of carbonyl (C=O) groups excluding carboxylic acids is 1. The Balaban J connectivity index is 1.54. The van der Waals surface area contributed by atoms with Crippen molar-refractivity contribution in [1.29, 1.82) is 0 Å². The summed E-state index contributed by atoms with van der Waals surface area (Å²) >= 11 is 2.80. The van der Waals surface area contributed by atoms with Crippen LogP contribution < -0.4 is 5.32 Å². The zero-order valence-electron chi connectivity index (χ0n) is 15.3. The van der Waals surface area contributed by atoms with Crippen molar-refractivity contribution in [3.05, 3.63) is 71.4 Å². The van der Waals surface area contributed by atoms with Crippen molar-refractivity contribution in [2.75, 3.05) is 11.1 Å². The normalized spacial score (nSPS) is 11.0. The first-order valence-corrected chi connectivity index (χ1v) is 10.5. The molecule has 2 aromatic heterocycles. The standard InChI is InChI=1S/C21H15F2N3OS2/c1-12-2-4-13(5-3-12)15-9-28-20-19(15)21(25-11-24-20)29-10-18(27)26-14-6-7-16(22)17(23)8-14/h2-9,11H,10H2,1H3,(H,26,27). The highest BCUT2D eigenvalue weighted by Crippen LogP contribution is 2.37. The van der Waals surface area contributed by atoms with Gasteiger partial charge in [0.25, 0.3) is 0 Å². The minimum absolute atomic E-state index is 0.0777. The molecule has 2 heterocycles. The van der Waals surface area contributed by atoms with Gasteiger partial charge in [-0.1, -0.05) is 41.6 Å². The molecule has 0 unspecified atom stereocenters. The molecule has 146 valence electrons. The maximum Gasteiger partial charge on any atom is 0.234 e. The summed E-state index contributed by atoms with van der Waals surface area (Å²) in [5.74, 6) is -2.22. The second-order valence-electron chi connectivity index (χ2n) is 6.34. The molecular weight excluding hydrogens is 412 g/mol. The number of hydrogen-bond acceptors (Lipinski definition) is 5. The summed E-state index contributed by atoms with van der Waals surface area (Å²) in [5, 5.41) is 6.21. The van der Waals surface area contributed by atoms with Gasteiger partial charge in [-0.3, -0.25) is 4.79 Å². The molecule has 1 N–H and O–H groups in total. The Kier molecular flexibility index (Phi) is 5.55. The van der Waals surface area contributed by atoms with Crippen molar-refractivity contribution >= 4 is 44.9 Å². The summed E-state index contributed by atoms with van der Waals surface area (Å²) in [4.78, 5) is 21.8. The number of halogens is 2. The maximum atomic E-state index is 13.3. The van der Waals surface area contributed by atoms with E-state index in [-0.39, 0.29) is 17.3 Å². The van der Waals surface area contributed by atoms with Crippen LogP contribution in [0, 0.1) is 18.6 Å². The molecule has 4 aromatic rings. The van der Waals surface area contributed by atoms with Crippen LogP contribution in [-0.2, 0) is 4.79 Å². The molecule has 0 fully saturated rings. The first-order valence-electron chi connectivity index (χ1n) is 8.68. The van der Waals surface area contributed by atoms with Gasteiger partial charge >= 0.3 is 0 Å². The number of amides is 1. The van der Waals surface area contributed by atoms with Crippen molar-refractivity contribution in [3.8, 4) is 11.1 Å². The van der Waals surface area contributed by atoms with Crippen molar-refractivity contribution in [3.63, 3.8) is 0 Å². The largest absolute Gasteiger partial charge is 0.325 e. The van der Waals surface area contributed by atoms with Crippen molar-refractivity contribution < 1.29 is 13.6 Å². The van der Waals surface area contributed by atoms with E-state index in [9.17, 15) is 13.6 Å². The van der Waals surface area contributed by atoms with Crippen LogP contribution in [0.5, 0.6) is 0 Å². The highest BCUT2D eigenvalue weighted by Gasteiger charge is 2.15. The average Bonchev–Trinajstić information content (AvgIpc) is 3.15. The Bertz CT molecular complexity index is 1190. The van der Waals surface area contributed by atoms with Crippen LogP contribution in [0.25, 0.3) is 21.3 Å². The molecule has 0 radical (unpaired) electrons. The number of hydrogen-bond donors (Lipinski definition) is 1. The fourth-order valence-electron chi connectivity index (χ4n) is 2.81. The number of benzene rings is 2. The number of carbonyl (C=O) groups is 1. The molecule has 4 rings (SSSR count). The van der Waals surface area contributed by atoms with Gasteiger partial charge in [0.05, 0.1) is 11.1 Å². The zero-order valence-corrected chi connectivity index (χ0v) is 16.9. The summed E-state index contributed by atoms with van der Waals surface area (Å²) in [5.41, 5.74) is 3.46. The molecule has 1 amide bonds. The lowest BCUT2D eigenvalue weighted by atomic mass is 10.1. The van der Waals surface area contributed by atoms with Crippen LogP contribution in [0.1, 0.15) is 5.56 Å². The molecular formula is C21H15F2N3OS2. The third-order valence-electron chi connectivity index (χ3n) is 4.24. The Morgan fingerprint density at radius 1 is 1.10 bits per heavy atom. The lowest BCUT2D eigenvalue weighted by Crippen LogP contribution is -2.14. The molecule has 0 aliphatic heterocycles. The molecule has 0 atom stereocenters. The number of nitrogens with one attached hydrogen (secondary N) is 1. The number of anilines is 1. The van der Waals surface area contributed by atoms with Crippen molar-refractivity contribution in [2.45, 2.75) is 11.9 Å². The van der Waals surface area contributed by atoms with Gasteiger partial charge in [0.2, 0.25) is 5.91 Å².